The van der Waals surface area contributed by atoms with Crippen LogP contribution in [0.3, 0.4) is 0 Å². The van der Waals surface area contributed by atoms with Gasteiger partial charge in [0.2, 0.25) is 5.91 Å². The number of nitrogens with zero attached hydrogens (tertiary/aromatic N) is 2. The topological polar surface area (TPSA) is 75.3 Å². The summed E-state index contributed by atoms with van der Waals surface area (Å²) in [5, 5.41) is 0.705. The summed E-state index contributed by atoms with van der Waals surface area (Å²) in [6.45, 7) is 4.34. The van der Waals surface area contributed by atoms with E-state index in [1.807, 2.05) is 6.92 Å². The fraction of sp³-hybridized carbons (Fsp3) is 0.545. The number of morpholine rings is 1. The third-order valence-corrected chi connectivity index (χ3v) is 3.76. The van der Waals surface area contributed by atoms with Gasteiger partial charge in [-0.25, -0.2) is 9.78 Å². The van der Waals surface area contributed by atoms with Crippen molar-refractivity contribution in [2.45, 2.75) is 11.9 Å². The third kappa shape index (κ3) is 3.33. The van der Waals surface area contributed by atoms with Gasteiger partial charge in [0.1, 0.15) is 0 Å². The van der Waals surface area contributed by atoms with Crippen molar-refractivity contribution in [3.63, 3.8) is 0 Å². The first-order valence-electron chi connectivity index (χ1n) is 5.71. The van der Waals surface area contributed by atoms with Gasteiger partial charge in [-0.05, 0) is 12.5 Å². The van der Waals surface area contributed by atoms with E-state index in [4.69, 9.17) is 4.74 Å². The Balaban J connectivity index is 1.92. The summed E-state index contributed by atoms with van der Waals surface area (Å²) in [6.07, 6.45) is 1.51. The molecule has 0 spiro atoms. The highest BCUT2D eigenvalue weighted by Crippen LogP contribution is 2.17. The minimum atomic E-state index is -0.387. The van der Waals surface area contributed by atoms with E-state index in [2.05, 4.69) is 9.97 Å². The quantitative estimate of drug-likeness (QED) is 0.619. The van der Waals surface area contributed by atoms with Crippen LogP contribution in [0.15, 0.2) is 16.0 Å². The van der Waals surface area contributed by atoms with Crippen LogP contribution in [0.25, 0.3) is 0 Å². The Morgan fingerprint density at radius 2 is 2.28 bits per heavy atom. The van der Waals surface area contributed by atoms with Crippen LogP contribution in [0.1, 0.15) is 5.56 Å². The minimum Gasteiger partial charge on any atom is -0.378 e. The highest BCUT2D eigenvalue weighted by atomic mass is 32.2. The summed E-state index contributed by atoms with van der Waals surface area (Å²) < 4.78 is 5.19. The van der Waals surface area contributed by atoms with Crippen LogP contribution in [0.4, 0.5) is 0 Å². The lowest BCUT2D eigenvalue weighted by molar-refractivity contribution is -0.132. The fourth-order valence-electron chi connectivity index (χ4n) is 1.63. The number of aromatic nitrogens is 2. The van der Waals surface area contributed by atoms with Crippen LogP contribution < -0.4 is 5.69 Å². The lowest BCUT2D eigenvalue weighted by atomic mass is 10.4. The molecule has 1 N–H and O–H groups in total. The molecule has 18 heavy (non-hydrogen) atoms. The monoisotopic (exact) mass is 269 g/mol. The maximum atomic E-state index is 11.9. The summed E-state index contributed by atoms with van der Waals surface area (Å²) in [5.41, 5.74) is 0.483. The lowest BCUT2D eigenvalue weighted by Crippen LogP contribution is -2.41. The van der Waals surface area contributed by atoms with Crippen molar-refractivity contribution in [1.29, 1.82) is 0 Å². The molecule has 0 bridgehead atoms. The molecule has 1 aliphatic heterocycles. The number of amides is 1. The molecule has 98 valence electrons. The zero-order valence-corrected chi connectivity index (χ0v) is 11.0. The zero-order chi connectivity index (χ0) is 13.0. The van der Waals surface area contributed by atoms with Gasteiger partial charge in [-0.15, -0.1) is 0 Å². The van der Waals surface area contributed by atoms with Crippen molar-refractivity contribution >= 4 is 17.7 Å². The fourth-order valence-corrected chi connectivity index (χ4v) is 2.52. The molecule has 0 unspecified atom stereocenters. The number of carbonyl (C=O) groups excluding carboxylic acids is 1. The normalized spacial score (nSPS) is 15.7. The van der Waals surface area contributed by atoms with E-state index in [0.29, 0.717) is 37.1 Å². The van der Waals surface area contributed by atoms with Gasteiger partial charge in [0.25, 0.3) is 0 Å². The number of thioether (sulfide) groups is 1. The van der Waals surface area contributed by atoms with E-state index in [0.717, 1.165) is 5.56 Å². The lowest BCUT2D eigenvalue weighted by Gasteiger charge is -2.26. The molecule has 2 rings (SSSR count). The van der Waals surface area contributed by atoms with Crippen LogP contribution in [-0.4, -0.2) is 52.8 Å². The molecule has 1 fully saturated rings. The van der Waals surface area contributed by atoms with Gasteiger partial charge < -0.3 is 14.6 Å². The first kappa shape index (κ1) is 13.1. The Labute approximate surface area is 109 Å². The van der Waals surface area contributed by atoms with E-state index in [-0.39, 0.29) is 11.6 Å². The standard InChI is InChI=1S/C11H15N3O3S/c1-8-6-12-11(16)13-10(8)18-7-9(15)14-2-4-17-5-3-14/h6H,2-5,7H2,1H3,(H,12,13,16). The molecule has 0 radical (unpaired) electrons. The maximum Gasteiger partial charge on any atom is 0.345 e. The van der Waals surface area contributed by atoms with Crippen molar-refractivity contribution < 1.29 is 9.53 Å². The van der Waals surface area contributed by atoms with Gasteiger partial charge in [-0.1, -0.05) is 11.8 Å². The second-order valence-corrected chi connectivity index (χ2v) is 4.97. The molecule has 0 atom stereocenters. The Morgan fingerprint density at radius 1 is 1.56 bits per heavy atom. The first-order valence-corrected chi connectivity index (χ1v) is 6.69. The average Bonchev–Trinajstić information content (AvgIpc) is 2.40. The number of rotatable bonds is 3. The summed E-state index contributed by atoms with van der Waals surface area (Å²) >= 11 is 1.34. The highest BCUT2D eigenvalue weighted by Gasteiger charge is 2.17. The number of hydrogen-bond donors (Lipinski definition) is 1. The minimum absolute atomic E-state index is 0.0698. The van der Waals surface area contributed by atoms with Gasteiger partial charge in [0.15, 0.2) is 0 Å². The van der Waals surface area contributed by atoms with Crippen LogP contribution in [0, 0.1) is 6.92 Å². The second kappa shape index (κ2) is 6.01. The van der Waals surface area contributed by atoms with E-state index < -0.39 is 0 Å². The van der Waals surface area contributed by atoms with E-state index >= 15 is 0 Å². The number of carbonyl (C=O) groups is 1. The van der Waals surface area contributed by atoms with Crippen LogP contribution >= 0.6 is 11.8 Å². The zero-order valence-electron chi connectivity index (χ0n) is 10.1. The Hall–Kier alpha value is -1.34. The average molecular weight is 269 g/mol. The van der Waals surface area contributed by atoms with Crippen molar-refractivity contribution in [3.8, 4) is 0 Å². The van der Waals surface area contributed by atoms with Crippen molar-refractivity contribution in [2.24, 2.45) is 0 Å². The van der Waals surface area contributed by atoms with Crippen LogP contribution in [0.2, 0.25) is 0 Å². The number of hydrogen-bond acceptors (Lipinski definition) is 5. The van der Waals surface area contributed by atoms with Crippen LogP contribution in [-0.2, 0) is 9.53 Å². The third-order valence-electron chi connectivity index (χ3n) is 2.66. The summed E-state index contributed by atoms with van der Waals surface area (Å²) in [4.78, 5) is 31.0. The molecule has 1 aromatic heterocycles. The molecule has 0 aromatic carbocycles. The van der Waals surface area contributed by atoms with Crippen molar-refractivity contribution in [3.05, 3.63) is 22.2 Å². The molecule has 1 aromatic rings. The summed E-state index contributed by atoms with van der Waals surface area (Å²) in [6, 6.07) is 0. The smallest absolute Gasteiger partial charge is 0.345 e. The Bertz CT molecular complexity index is 483. The number of H-pyrrole nitrogens is 1. The van der Waals surface area contributed by atoms with E-state index in [1.54, 1.807) is 4.90 Å². The number of ether oxygens (including phenoxy) is 1. The highest BCUT2D eigenvalue weighted by molar-refractivity contribution is 7.99. The number of aromatic amines is 1. The van der Waals surface area contributed by atoms with Gasteiger partial charge in [-0.3, -0.25) is 4.79 Å². The molecule has 1 amide bonds. The maximum absolute atomic E-state index is 11.9. The molecule has 7 heteroatoms. The van der Waals surface area contributed by atoms with Gasteiger partial charge in [-0.2, -0.15) is 0 Å². The first-order chi connectivity index (χ1) is 8.66. The summed E-state index contributed by atoms with van der Waals surface area (Å²) in [5.74, 6) is 0.390. The predicted octanol–water partition coefficient (Wildman–Crippen LogP) is 0.0292. The van der Waals surface area contributed by atoms with Crippen molar-refractivity contribution in [1.82, 2.24) is 14.9 Å². The van der Waals surface area contributed by atoms with E-state index in [9.17, 15) is 9.59 Å². The number of aryl methyl sites for hydroxylation is 1. The largest absolute Gasteiger partial charge is 0.378 e. The van der Waals surface area contributed by atoms with Gasteiger partial charge in [0.05, 0.1) is 24.0 Å². The molecule has 2 heterocycles. The SMILES string of the molecule is Cc1cnc(=O)[nH]c1SCC(=O)N1CCOCC1. The Kier molecular flexibility index (Phi) is 4.38. The van der Waals surface area contributed by atoms with E-state index in [1.165, 1.54) is 18.0 Å². The molecule has 6 nitrogen and oxygen atoms in total. The number of nitrogens with one attached hydrogen (secondary N) is 1. The van der Waals surface area contributed by atoms with Crippen LogP contribution in [0.5, 0.6) is 0 Å². The van der Waals surface area contributed by atoms with Gasteiger partial charge in [0, 0.05) is 19.3 Å². The molecule has 1 saturated heterocycles. The predicted molar refractivity (Wildman–Crippen MR) is 67.7 cm³/mol. The molecule has 1 aliphatic rings. The molecular formula is C11H15N3O3S. The van der Waals surface area contributed by atoms with Crippen molar-refractivity contribution in [2.75, 3.05) is 32.1 Å². The van der Waals surface area contributed by atoms with Gasteiger partial charge >= 0.3 is 5.69 Å². The molecule has 0 saturated carbocycles. The summed E-state index contributed by atoms with van der Waals surface area (Å²) in [7, 11) is 0. The Morgan fingerprint density at radius 3 is 3.00 bits per heavy atom. The second-order valence-electron chi connectivity index (χ2n) is 3.98. The molecule has 0 aliphatic carbocycles. The molecular weight excluding hydrogens is 254 g/mol.